The standard InChI is InChI=1S/C10H14O.H2O/c1-4-6-10(5-2)8-7-9(3)11;/h4-6H,1-2,7-8H2,3H3;1H2/b10-6+;. The van der Waals surface area contributed by atoms with Crippen LogP contribution >= 0.6 is 0 Å². The molecule has 0 radical (unpaired) electrons. The SMILES string of the molecule is C=C/C=C(\C=C)CCC(C)=O.O. The van der Waals surface area contributed by atoms with E-state index in [-0.39, 0.29) is 11.3 Å². The monoisotopic (exact) mass is 168 g/mol. The van der Waals surface area contributed by atoms with E-state index in [1.54, 1.807) is 19.1 Å². The maximum absolute atomic E-state index is 10.6. The van der Waals surface area contributed by atoms with E-state index in [1.165, 1.54) is 0 Å². The van der Waals surface area contributed by atoms with E-state index in [1.807, 2.05) is 6.08 Å². The molecule has 0 aliphatic rings. The molecule has 0 saturated carbocycles. The van der Waals surface area contributed by atoms with Gasteiger partial charge in [-0.25, -0.2) is 0 Å². The van der Waals surface area contributed by atoms with Crippen LogP contribution in [0, 0.1) is 0 Å². The van der Waals surface area contributed by atoms with Crippen molar-refractivity contribution in [1.82, 2.24) is 0 Å². The smallest absolute Gasteiger partial charge is 0.130 e. The second-order valence-corrected chi connectivity index (χ2v) is 2.38. The maximum atomic E-state index is 10.6. The largest absolute Gasteiger partial charge is 0.412 e. The molecule has 0 aromatic heterocycles. The first-order valence-electron chi connectivity index (χ1n) is 3.64. The summed E-state index contributed by atoms with van der Waals surface area (Å²) >= 11 is 0. The first-order chi connectivity index (χ1) is 5.20. The van der Waals surface area contributed by atoms with E-state index in [4.69, 9.17) is 0 Å². The number of hydrogen-bond acceptors (Lipinski definition) is 1. The second-order valence-electron chi connectivity index (χ2n) is 2.38. The minimum absolute atomic E-state index is 0. The van der Waals surface area contributed by atoms with Crippen molar-refractivity contribution in [2.75, 3.05) is 0 Å². The van der Waals surface area contributed by atoms with Crippen LogP contribution < -0.4 is 0 Å². The lowest BCUT2D eigenvalue weighted by Crippen LogP contribution is -1.89. The Morgan fingerprint density at radius 3 is 2.25 bits per heavy atom. The summed E-state index contributed by atoms with van der Waals surface area (Å²) in [5, 5.41) is 0. The van der Waals surface area contributed by atoms with Crippen molar-refractivity contribution in [1.29, 1.82) is 0 Å². The molecule has 0 fully saturated rings. The third-order valence-corrected chi connectivity index (χ3v) is 1.36. The Morgan fingerprint density at radius 2 is 1.92 bits per heavy atom. The number of ketones is 1. The molecule has 0 bridgehead atoms. The van der Waals surface area contributed by atoms with Crippen molar-refractivity contribution in [2.45, 2.75) is 19.8 Å². The van der Waals surface area contributed by atoms with Crippen LogP contribution in [-0.2, 0) is 4.79 Å². The summed E-state index contributed by atoms with van der Waals surface area (Å²) in [5.41, 5.74) is 1.07. The van der Waals surface area contributed by atoms with Gasteiger partial charge in [0.15, 0.2) is 0 Å². The summed E-state index contributed by atoms with van der Waals surface area (Å²) in [7, 11) is 0. The van der Waals surface area contributed by atoms with Crippen LogP contribution in [0.5, 0.6) is 0 Å². The number of rotatable bonds is 5. The van der Waals surface area contributed by atoms with E-state index in [0.29, 0.717) is 6.42 Å². The van der Waals surface area contributed by atoms with Crippen molar-refractivity contribution < 1.29 is 10.3 Å². The predicted molar refractivity (Wildman–Crippen MR) is 52.0 cm³/mol. The molecule has 2 N–H and O–H groups in total. The normalized spacial score (nSPS) is 9.92. The Hall–Kier alpha value is -1.15. The van der Waals surface area contributed by atoms with Gasteiger partial charge >= 0.3 is 0 Å². The van der Waals surface area contributed by atoms with Crippen molar-refractivity contribution in [3.05, 3.63) is 37.0 Å². The Morgan fingerprint density at radius 1 is 1.33 bits per heavy atom. The van der Waals surface area contributed by atoms with Crippen LogP contribution in [0.25, 0.3) is 0 Å². The van der Waals surface area contributed by atoms with Crippen LogP contribution in [0.4, 0.5) is 0 Å². The van der Waals surface area contributed by atoms with E-state index in [0.717, 1.165) is 12.0 Å². The molecule has 2 heteroatoms. The fraction of sp³-hybridized carbons (Fsp3) is 0.300. The fourth-order valence-electron chi connectivity index (χ4n) is 0.725. The van der Waals surface area contributed by atoms with Crippen LogP contribution in [0.2, 0.25) is 0 Å². The molecule has 0 saturated heterocycles. The van der Waals surface area contributed by atoms with Crippen LogP contribution in [0.3, 0.4) is 0 Å². The molecule has 0 amide bonds. The van der Waals surface area contributed by atoms with Crippen LogP contribution in [0.1, 0.15) is 19.8 Å². The zero-order chi connectivity index (χ0) is 8.69. The highest BCUT2D eigenvalue weighted by molar-refractivity contribution is 5.75. The molecule has 0 spiro atoms. The lowest BCUT2D eigenvalue weighted by atomic mass is 10.1. The molecular formula is C10H16O2. The summed E-state index contributed by atoms with van der Waals surface area (Å²) in [4.78, 5) is 10.6. The first kappa shape index (κ1) is 13.4. The van der Waals surface area contributed by atoms with Crippen molar-refractivity contribution in [3.63, 3.8) is 0 Å². The Labute approximate surface area is 73.6 Å². The number of hydrogen-bond donors (Lipinski definition) is 0. The van der Waals surface area contributed by atoms with Crippen molar-refractivity contribution in [3.8, 4) is 0 Å². The molecule has 0 heterocycles. The molecule has 0 aliphatic carbocycles. The van der Waals surface area contributed by atoms with Gasteiger partial charge in [0.25, 0.3) is 0 Å². The van der Waals surface area contributed by atoms with Crippen LogP contribution in [-0.4, -0.2) is 11.3 Å². The highest BCUT2D eigenvalue weighted by Crippen LogP contribution is 2.06. The highest BCUT2D eigenvalue weighted by atomic mass is 16.1. The van der Waals surface area contributed by atoms with E-state index < -0.39 is 0 Å². The quantitative estimate of drug-likeness (QED) is 0.578. The van der Waals surface area contributed by atoms with Gasteiger partial charge < -0.3 is 10.3 Å². The van der Waals surface area contributed by atoms with Crippen molar-refractivity contribution >= 4 is 5.78 Å². The number of Topliss-reactive ketones (excluding diaryl/α,β-unsaturated/α-hetero) is 1. The van der Waals surface area contributed by atoms with Gasteiger partial charge in [-0.2, -0.15) is 0 Å². The Bertz CT molecular complexity index is 190. The minimum Gasteiger partial charge on any atom is -0.412 e. The number of carbonyl (C=O) groups is 1. The summed E-state index contributed by atoms with van der Waals surface area (Å²) in [5.74, 6) is 0.210. The molecule has 2 nitrogen and oxygen atoms in total. The van der Waals surface area contributed by atoms with E-state index in [9.17, 15) is 4.79 Å². The average Bonchev–Trinajstić information content (AvgIpc) is 1.97. The lowest BCUT2D eigenvalue weighted by molar-refractivity contribution is -0.116. The van der Waals surface area contributed by atoms with Gasteiger partial charge in [-0.1, -0.05) is 31.4 Å². The van der Waals surface area contributed by atoms with Crippen molar-refractivity contribution in [2.24, 2.45) is 0 Å². The molecule has 68 valence electrons. The fourth-order valence-corrected chi connectivity index (χ4v) is 0.725. The predicted octanol–water partition coefficient (Wildman–Crippen LogP) is 1.83. The number of carbonyl (C=O) groups excluding carboxylic acids is 1. The van der Waals surface area contributed by atoms with Gasteiger partial charge in [-0.3, -0.25) is 0 Å². The minimum atomic E-state index is 0. The van der Waals surface area contributed by atoms with Crippen LogP contribution in [0.15, 0.2) is 37.0 Å². The highest BCUT2D eigenvalue weighted by Gasteiger charge is 1.94. The summed E-state index contributed by atoms with van der Waals surface area (Å²) < 4.78 is 0. The van der Waals surface area contributed by atoms with Gasteiger partial charge in [0, 0.05) is 6.42 Å². The Kier molecular flexibility index (Phi) is 8.91. The van der Waals surface area contributed by atoms with Gasteiger partial charge in [-0.05, 0) is 18.9 Å². The average molecular weight is 168 g/mol. The third kappa shape index (κ3) is 6.96. The van der Waals surface area contributed by atoms with Gasteiger partial charge in [0.2, 0.25) is 0 Å². The Balaban J connectivity index is 0. The molecule has 0 aliphatic heterocycles. The third-order valence-electron chi connectivity index (χ3n) is 1.36. The van der Waals surface area contributed by atoms with E-state index in [2.05, 4.69) is 13.2 Å². The first-order valence-corrected chi connectivity index (χ1v) is 3.64. The second kappa shape index (κ2) is 7.95. The molecule has 0 aromatic rings. The maximum Gasteiger partial charge on any atom is 0.130 e. The summed E-state index contributed by atoms with van der Waals surface area (Å²) in [6.07, 6.45) is 6.69. The molecule has 0 unspecified atom stereocenters. The topological polar surface area (TPSA) is 48.6 Å². The molecule has 0 atom stereocenters. The summed E-state index contributed by atoms with van der Waals surface area (Å²) in [6.45, 7) is 8.79. The van der Waals surface area contributed by atoms with Gasteiger partial charge in [-0.15, -0.1) is 0 Å². The summed E-state index contributed by atoms with van der Waals surface area (Å²) in [6, 6.07) is 0. The van der Waals surface area contributed by atoms with Gasteiger partial charge in [0.05, 0.1) is 0 Å². The zero-order valence-corrected chi connectivity index (χ0v) is 7.47. The van der Waals surface area contributed by atoms with E-state index >= 15 is 0 Å². The lowest BCUT2D eigenvalue weighted by Gasteiger charge is -1.96. The zero-order valence-electron chi connectivity index (χ0n) is 7.47. The van der Waals surface area contributed by atoms with Gasteiger partial charge in [0.1, 0.15) is 5.78 Å². The molecular weight excluding hydrogens is 152 g/mol. The molecule has 0 rings (SSSR count). The molecule has 12 heavy (non-hydrogen) atoms. The number of allylic oxidation sites excluding steroid dienone is 4. The molecule has 0 aromatic carbocycles.